The first-order valence-corrected chi connectivity index (χ1v) is 48.3. The first kappa shape index (κ1) is 83.8. The Bertz CT molecular complexity index is 6070. The summed E-state index contributed by atoms with van der Waals surface area (Å²) in [6.45, 7) is 19.1. The van der Waals surface area contributed by atoms with Gasteiger partial charge in [0.15, 0.2) is 0 Å². The molecule has 0 heterocycles. The fourth-order valence-corrected chi connectivity index (χ4v) is 22.6. The third-order valence-corrected chi connectivity index (χ3v) is 29.6. The van der Waals surface area contributed by atoms with E-state index >= 15 is 0 Å². The van der Waals surface area contributed by atoms with Gasteiger partial charge in [-0.05, 0) is 289 Å². The molecule has 0 spiro atoms. The van der Waals surface area contributed by atoms with Gasteiger partial charge in [-0.3, -0.25) is 0 Å². The molecule has 18 rings (SSSR count). The lowest BCUT2D eigenvalue weighted by Crippen LogP contribution is -2.25. The molecule has 4 aliphatic rings. The molecule has 0 amide bonds. The molecule has 4 aliphatic carbocycles. The Morgan fingerprint density at radius 3 is 0.637 bits per heavy atom. The summed E-state index contributed by atoms with van der Waals surface area (Å²) in [6, 6.07) is 117. The predicted octanol–water partition coefficient (Wildman–Crippen LogP) is 36.5. The average Bonchev–Trinajstić information content (AvgIpc) is 1.56. The minimum absolute atomic E-state index is 0.0561. The zero-order valence-electron chi connectivity index (χ0n) is 75.5. The van der Waals surface area contributed by atoms with Gasteiger partial charge >= 0.3 is 0 Å². The molecule has 0 aromatic heterocycles. The molecule has 0 radical (unpaired) electrons. The van der Waals surface area contributed by atoms with Crippen molar-refractivity contribution in [2.24, 2.45) is 0 Å². The Hall–Kier alpha value is -11.1. The summed E-state index contributed by atoms with van der Waals surface area (Å²) < 4.78 is 0. The van der Waals surface area contributed by atoms with Crippen molar-refractivity contribution in [3.8, 4) is 134 Å². The maximum absolute atomic E-state index is 3.71. The fourth-order valence-electron chi connectivity index (χ4n) is 22.6. The van der Waals surface area contributed by atoms with E-state index in [1.807, 2.05) is 0 Å². The van der Waals surface area contributed by atoms with E-state index in [-0.39, 0.29) is 21.7 Å². The van der Waals surface area contributed by atoms with Gasteiger partial charge < -0.3 is 5.32 Å². The van der Waals surface area contributed by atoms with Gasteiger partial charge in [0, 0.05) is 33.0 Å². The van der Waals surface area contributed by atoms with Crippen molar-refractivity contribution in [1.82, 2.24) is 0 Å². The molecule has 0 saturated carbocycles. The Labute approximate surface area is 743 Å². The molecular formula is C123H129N. The molecule has 0 aliphatic heterocycles. The van der Waals surface area contributed by atoms with Gasteiger partial charge in [-0.2, -0.15) is 0 Å². The smallest absolute Gasteiger partial charge is 0.0384 e. The van der Waals surface area contributed by atoms with Crippen LogP contribution in [0.2, 0.25) is 0 Å². The number of nitrogens with one attached hydrogen (secondary N) is 1. The summed E-state index contributed by atoms with van der Waals surface area (Å²) in [6.07, 6.45) is 35.4. The number of rotatable bonds is 37. The Morgan fingerprint density at radius 2 is 0.371 bits per heavy atom. The molecule has 124 heavy (non-hydrogen) atoms. The molecule has 1 nitrogen and oxygen atoms in total. The van der Waals surface area contributed by atoms with Gasteiger partial charge in [0.05, 0.1) is 0 Å². The summed E-state index contributed by atoms with van der Waals surface area (Å²) >= 11 is 0. The van der Waals surface area contributed by atoms with E-state index in [1.54, 1.807) is 22.3 Å². The maximum atomic E-state index is 3.71. The Balaban J connectivity index is 0.522. The monoisotopic (exact) mass is 1620 g/mol. The summed E-state index contributed by atoms with van der Waals surface area (Å²) in [5.74, 6) is 0. The second kappa shape index (κ2) is 37.0. The summed E-state index contributed by atoms with van der Waals surface area (Å²) in [5, 5.41) is 3.71. The van der Waals surface area contributed by atoms with Crippen LogP contribution >= 0.6 is 0 Å². The van der Waals surface area contributed by atoms with Gasteiger partial charge in [0.2, 0.25) is 0 Å². The van der Waals surface area contributed by atoms with Crippen LogP contribution < -0.4 is 5.32 Å². The van der Waals surface area contributed by atoms with Gasteiger partial charge in [-0.25, -0.2) is 0 Å². The highest BCUT2D eigenvalue weighted by atomic mass is 14.9. The van der Waals surface area contributed by atoms with Crippen molar-refractivity contribution < 1.29 is 0 Å². The lowest BCUT2D eigenvalue weighted by atomic mass is 9.70. The van der Waals surface area contributed by atoms with E-state index in [9.17, 15) is 0 Å². The Morgan fingerprint density at radius 1 is 0.169 bits per heavy atom. The van der Waals surface area contributed by atoms with Gasteiger partial charge in [0.1, 0.15) is 0 Å². The summed E-state index contributed by atoms with van der Waals surface area (Å²) in [7, 11) is 0. The molecule has 1 N–H and O–H groups in total. The van der Waals surface area contributed by atoms with E-state index < -0.39 is 0 Å². The third-order valence-electron chi connectivity index (χ3n) is 29.6. The predicted molar refractivity (Wildman–Crippen MR) is 535 cm³/mol. The molecule has 626 valence electrons. The molecule has 1 unspecified atom stereocenters. The first-order chi connectivity index (χ1) is 60.8. The number of unbranched alkanes of at least 4 members (excludes halogenated alkanes) is 19. The number of anilines is 2. The number of hydrogen-bond donors (Lipinski definition) is 1. The minimum atomic E-state index is -0.170. The Kier molecular flexibility index (Phi) is 25.0. The number of fused-ring (bicyclic) bond motifs is 12. The van der Waals surface area contributed by atoms with E-state index in [0.717, 1.165) is 11.4 Å². The van der Waals surface area contributed by atoms with Crippen LogP contribution in [0.1, 0.15) is 273 Å². The fraction of sp³-hybridized carbons (Fsp3) is 0.317. The van der Waals surface area contributed by atoms with Crippen molar-refractivity contribution in [2.45, 2.75) is 250 Å². The number of benzene rings is 14. The van der Waals surface area contributed by atoms with Crippen LogP contribution in [0.25, 0.3) is 134 Å². The normalized spacial score (nSPS) is 14.9. The molecular weight excluding hydrogens is 1490 g/mol. The quantitative estimate of drug-likeness (QED) is 0.0383. The van der Waals surface area contributed by atoms with Crippen molar-refractivity contribution >= 4 is 11.4 Å². The van der Waals surface area contributed by atoms with Gasteiger partial charge in [0.25, 0.3) is 0 Å². The highest BCUT2D eigenvalue weighted by Gasteiger charge is 2.45. The van der Waals surface area contributed by atoms with Crippen LogP contribution in [0.5, 0.6) is 0 Å². The largest absolute Gasteiger partial charge is 0.356 e. The minimum Gasteiger partial charge on any atom is -0.356 e. The maximum Gasteiger partial charge on any atom is 0.0384 e. The highest BCUT2D eigenvalue weighted by Crippen LogP contribution is 2.59. The topological polar surface area (TPSA) is 12.0 Å². The zero-order valence-corrected chi connectivity index (χ0v) is 75.5. The molecule has 14 aromatic carbocycles. The van der Waals surface area contributed by atoms with Crippen LogP contribution in [0.15, 0.2) is 303 Å². The van der Waals surface area contributed by atoms with Crippen LogP contribution in [0.4, 0.5) is 11.4 Å². The first-order valence-electron chi connectivity index (χ1n) is 48.3. The molecule has 14 aromatic rings. The molecule has 1 atom stereocenters. The summed E-state index contributed by atoms with van der Waals surface area (Å²) in [5.41, 5.74) is 45.0. The standard InChI is InChI=1S/C123H129N/c1-9-13-17-21-25-33-73-122(72-32-24-20-16-12-4)112-50-30-28-48-104(112)110-70-60-100(84-118(110)122)98-58-68-108-106-66-56-96(80-114(106)120(5,6)116(108)82-98)94-46-38-44-92(78-94)90-42-36-40-88(76-90)86-52-62-102(63-53-86)124-103-64-54-87(55-65-103)89-41-37-43-91(77-89)93-45-39-47-95(79-93)97-57-67-107-109-69-59-99(83-117(109)121(7,8)115(107)81-97)101-61-71-111-105-49-29-31-51-113(105)123(119(111)85-101,74-34-26-22-18-14-10-2)75-35-27-23-19-15-11-3/h28-31,36-71,76-85,124H,9-27,32-35,72-75H2,1-8H3. The van der Waals surface area contributed by atoms with Crippen molar-refractivity contribution in [3.63, 3.8) is 0 Å². The second-order valence-electron chi connectivity index (χ2n) is 38.4. The van der Waals surface area contributed by atoms with E-state index in [1.165, 1.54) is 329 Å². The van der Waals surface area contributed by atoms with Gasteiger partial charge in [-0.1, -0.05) is 421 Å². The SMILES string of the molecule is CCCCCCCCC1(CCCCCCC)c2ccccc2-c2ccc(-c3ccc4c(c3)C(C)(C)c3cc(-c5cccc(-c6cccc(-c7ccc(Nc8ccc(-c9cccc(-c%10cccc(-c%11ccc%12c(c%11)C(C)(C)c%11cc(-c%13ccc%14c(c%13)C(CCCCCCCC)(CCCCCCCC)c%13ccccc%13-%14)ccc%11-%12)c%10)c9)cc8)cc7)c6)c5)ccc3-4)cc21. The summed E-state index contributed by atoms with van der Waals surface area (Å²) in [4.78, 5) is 0. The van der Waals surface area contributed by atoms with Crippen molar-refractivity contribution in [1.29, 1.82) is 0 Å². The van der Waals surface area contributed by atoms with Crippen LogP contribution in [0.3, 0.4) is 0 Å². The van der Waals surface area contributed by atoms with Gasteiger partial charge in [-0.15, -0.1) is 0 Å². The molecule has 1 heteroatoms. The van der Waals surface area contributed by atoms with Crippen molar-refractivity contribution in [2.75, 3.05) is 5.32 Å². The molecule has 0 saturated heterocycles. The zero-order chi connectivity index (χ0) is 84.8. The third kappa shape index (κ3) is 16.6. The van der Waals surface area contributed by atoms with E-state index in [4.69, 9.17) is 0 Å². The lowest BCUT2D eigenvalue weighted by Gasteiger charge is -2.33. The van der Waals surface area contributed by atoms with Crippen molar-refractivity contribution in [3.05, 3.63) is 348 Å². The lowest BCUT2D eigenvalue weighted by molar-refractivity contribution is 0.398. The van der Waals surface area contributed by atoms with E-state index in [2.05, 4.69) is 364 Å². The average molecular weight is 1620 g/mol. The van der Waals surface area contributed by atoms with Crippen LogP contribution in [0, 0.1) is 0 Å². The molecule has 0 bridgehead atoms. The van der Waals surface area contributed by atoms with E-state index in [0.29, 0.717) is 0 Å². The van der Waals surface area contributed by atoms with Crippen LogP contribution in [-0.4, -0.2) is 0 Å². The van der Waals surface area contributed by atoms with Crippen LogP contribution in [-0.2, 0) is 21.7 Å². The second-order valence-corrected chi connectivity index (χ2v) is 38.4. The highest BCUT2D eigenvalue weighted by molar-refractivity contribution is 5.92. The molecule has 0 fully saturated rings. The number of hydrogen-bond acceptors (Lipinski definition) is 1.